The van der Waals surface area contributed by atoms with Crippen LogP contribution in [0.4, 0.5) is 41.4 Å². The number of aromatic nitrogens is 8. The molecule has 12 rings (SSSR count). The maximum atomic E-state index is 13.2. The molecule has 1 atom stereocenters. The number of carbonyl (C=O) groups is 4. The summed E-state index contributed by atoms with van der Waals surface area (Å²) in [5, 5.41) is 13.2. The lowest BCUT2D eigenvalue weighted by Gasteiger charge is -2.15. The second-order valence-corrected chi connectivity index (χ2v) is 22.3. The van der Waals surface area contributed by atoms with E-state index in [1.807, 2.05) is 93.6 Å². The zero-order valence-corrected chi connectivity index (χ0v) is 55.6. The molecule has 0 aliphatic carbocycles. The fourth-order valence-electron chi connectivity index (χ4n) is 9.73. The van der Waals surface area contributed by atoms with E-state index in [0.717, 1.165) is 79.9 Å². The van der Waals surface area contributed by atoms with Crippen LogP contribution in [0.5, 0.6) is 23.5 Å². The highest BCUT2D eigenvalue weighted by Crippen LogP contribution is 2.35. The van der Waals surface area contributed by atoms with Crippen LogP contribution in [-0.2, 0) is 19.2 Å². The fraction of sp³-hybridized carbons (Fsp3) is 0.200. The monoisotopic (exact) mass is 1340 g/mol. The summed E-state index contributed by atoms with van der Waals surface area (Å²) in [5.41, 5.74) is 9.77. The van der Waals surface area contributed by atoms with Crippen LogP contribution in [0.3, 0.4) is 0 Å². The van der Waals surface area contributed by atoms with E-state index in [4.69, 9.17) is 18.9 Å². The molecule has 506 valence electrons. The average molecular weight is 1340 g/mol. The molecule has 0 saturated carbocycles. The number of nitrogens with one attached hydrogen (secondary N) is 4. The molecule has 0 aliphatic heterocycles. The molecule has 8 aromatic carbocycles. The van der Waals surface area contributed by atoms with Crippen molar-refractivity contribution < 1.29 is 55.7 Å². The Labute approximate surface area is 567 Å². The number of halogens is 4. The first kappa shape index (κ1) is 71.2. The van der Waals surface area contributed by atoms with Crippen molar-refractivity contribution in [2.24, 2.45) is 0 Å². The maximum Gasteiger partial charge on any atom is 0.233 e. The van der Waals surface area contributed by atoms with Gasteiger partial charge in [0.05, 0.1) is 70.0 Å². The molecule has 0 saturated heterocycles. The fourth-order valence-corrected chi connectivity index (χ4v) is 9.73. The molecule has 4 amide bonds. The number of hydrogen-bond donors (Lipinski definition) is 4. The van der Waals surface area contributed by atoms with Gasteiger partial charge in [0.25, 0.3) is 0 Å². The van der Waals surface area contributed by atoms with E-state index < -0.39 is 0 Å². The number of hydrogen-bond acceptors (Lipinski definition) is 16. The molecule has 99 heavy (non-hydrogen) atoms. The number of anilines is 4. The Hall–Kier alpha value is -12.1. The SMILES string of the molecule is CCC(C)Oc1nc(NC(C)=O)nc2ccc(-c3ccc(F)cc3)cc12.CCCCOc1nc(NC(C)=O)nc2ccc(-c3ccc(F)cc3)cc12.CCOc1nc(NC(C)=O)nc2ccc(-c3ccc(F)cc3)cc12.COc1nc(NC(C)=O)nc2ccc(-c3ccc(F)cc3)cc12. The highest BCUT2D eigenvalue weighted by Gasteiger charge is 2.18. The van der Waals surface area contributed by atoms with Gasteiger partial charge in [-0.3, -0.25) is 40.4 Å². The molecule has 4 heterocycles. The highest BCUT2D eigenvalue weighted by atomic mass is 19.1. The smallest absolute Gasteiger partial charge is 0.233 e. The van der Waals surface area contributed by atoms with E-state index in [2.05, 4.69) is 68.1 Å². The third kappa shape index (κ3) is 19.6. The van der Waals surface area contributed by atoms with Gasteiger partial charge in [-0.2, -0.15) is 19.9 Å². The van der Waals surface area contributed by atoms with Gasteiger partial charge in [-0.15, -0.1) is 0 Å². The second-order valence-electron chi connectivity index (χ2n) is 22.3. The minimum Gasteiger partial charge on any atom is -0.480 e. The summed E-state index contributed by atoms with van der Waals surface area (Å²) < 4.78 is 75.1. The molecule has 4 N–H and O–H groups in total. The Bertz CT molecular complexity index is 4860. The van der Waals surface area contributed by atoms with Crippen LogP contribution in [0.2, 0.25) is 0 Å². The molecule has 0 aliphatic rings. The van der Waals surface area contributed by atoms with Crippen molar-refractivity contribution in [3.63, 3.8) is 0 Å². The summed E-state index contributed by atoms with van der Waals surface area (Å²) in [6.45, 7) is 14.5. The summed E-state index contributed by atoms with van der Waals surface area (Å²) in [6.07, 6.45) is 2.69. The molecular formula is C75H70F4N12O8. The molecule has 0 spiro atoms. The van der Waals surface area contributed by atoms with Gasteiger partial charge in [0, 0.05) is 27.7 Å². The lowest BCUT2D eigenvalue weighted by atomic mass is 10.0. The number of nitrogens with zero attached hydrogens (tertiary/aromatic N) is 8. The number of methoxy groups -OCH3 is 1. The van der Waals surface area contributed by atoms with Gasteiger partial charge >= 0.3 is 0 Å². The molecule has 20 nitrogen and oxygen atoms in total. The molecule has 4 aromatic heterocycles. The summed E-state index contributed by atoms with van der Waals surface area (Å²) in [4.78, 5) is 79.5. The molecular weight excluding hydrogens is 1270 g/mol. The van der Waals surface area contributed by atoms with E-state index in [9.17, 15) is 36.7 Å². The minimum absolute atomic E-state index is 0.0345. The van der Waals surface area contributed by atoms with E-state index in [-0.39, 0.29) is 76.8 Å². The number of unbranched alkanes of at least 4 members (excludes halogenated alkanes) is 1. The van der Waals surface area contributed by atoms with Crippen LogP contribution >= 0.6 is 0 Å². The number of rotatable bonds is 18. The molecule has 12 aromatic rings. The first-order valence-electron chi connectivity index (χ1n) is 31.5. The molecule has 24 heteroatoms. The Morgan fingerprint density at radius 1 is 0.374 bits per heavy atom. The van der Waals surface area contributed by atoms with Gasteiger partial charge in [-0.1, -0.05) is 93.1 Å². The predicted octanol–water partition coefficient (Wildman–Crippen LogP) is 16.3. The summed E-state index contributed by atoms with van der Waals surface area (Å²) in [5.74, 6) is 0.301. The Kier molecular flexibility index (Phi) is 24.1. The third-order valence-corrected chi connectivity index (χ3v) is 14.6. The zero-order chi connectivity index (χ0) is 70.7. The Morgan fingerprint density at radius 3 is 0.929 bits per heavy atom. The maximum absolute atomic E-state index is 13.2. The van der Waals surface area contributed by atoms with Crippen LogP contribution in [0.15, 0.2) is 170 Å². The van der Waals surface area contributed by atoms with E-state index in [1.165, 1.54) is 83.3 Å². The van der Waals surface area contributed by atoms with Crippen LogP contribution in [0.1, 0.15) is 74.7 Å². The van der Waals surface area contributed by atoms with Crippen molar-refractivity contribution in [2.75, 3.05) is 41.6 Å². The Balaban J connectivity index is 0.000000154. The predicted molar refractivity (Wildman–Crippen MR) is 375 cm³/mol. The van der Waals surface area contributed by atoms with Crippen molar-refractivity contribution in [1.29, 1.82) is 0 Å². The molecule has 0 radical (unpaired) electrons. The molecule has 0 fully saturated rings. The van der Waals surface area contributed by atoms with E-state index in [1.54, 1.807) is 48.5 Å². The second kappa shape index (κ2) is 33.5. The van der Waals surface area contributed by atoms with Crippen LogP contribution in [0, 0.1) is 23.3 Å². The van der Waals surface area contributed by atoms with Crippen LogP contribution < -0.4 is 40.2 Å². The quantitative estimate of drug-likeness (QED) is 0.0460. The van der Waals surface area contributed by atoms with Gasteiger partial charge in [0.2, 0.25) is 70.9 Å². The largest absolute Gasteiger partial charge is 0.480 e. The van der Waals surface area contributed by atoms with Crippen LogP contribution in [0.25, 0.3) is 88.1 Å². The average Bonchev–Trinajstić information content (AvgIpc) is 0.822. The Morgan fingerprint density at radius 2 is 0.646 bits per heavy atom. The van der Waals surface area contributed by atoms with E-state index in [0.29, 0.717) is 64.2 Å². The van der Waals surface area contributed by atoms with Crippen molar-refractivity contribution in [3.05, 3.63) is 193 Å². The number of amides is 4. The number of fused-ring (bicyclic) bond motifs is 4. The molecule has 1 unspecified atom stereocenters. The van der Waals surface area contributed by atoms with Crippen molar-refractivity contribution >= 4 is 91.0 Å². The van der Waals surface area contributed by atoms with Crippen molar-refractivity contribution in [3.8, 4) is 68.0 Å². The standard InChI is InChI=1S/2C20H20FN3O2.C18H16FN3O2.C17H14FN3O2/c1-4-12(2)26-19-17-11-15(14-5-8-16(21)9-6-14)7-10-18(17)23-20(24-19)22-13(3)25;1-3-4-11-26-19-17-12-15(14-5-8-16(21)9-6-14)7-10-18(17)23-20(24-19)22-13(2)25;1-3-24-17-15-10-13(12-4-7-14(19)8-5-12)6-9-16(15)21-18(22-17)20-11(2)23;1-10(22)19-17-20-15-8-5-12(9-14(15)16(21-17)23-2)11-3-6-13(18)7-4-11/h5-12H,4H2,1-3H3,(H,22,23,24,25);5-10,12H,3-4,11H2,1-2H3,(H,22,23,24,25);4-10H,3H2,1-2H3,(H,20,21,22,23);3-9H,1-2H3,(H,19,20,21,22). The molecule has 0 bridgehead atoms. The third-order valence-electron chi connectivity index (χ3n) is 14.6. The van der Waals surface area contributed by atoms with E-state index >= 15 is 0 Å². The van der Waals surface area contributed by atoms with Gasteiger partial charge in [-0.25, -0.2) is 37.5 Å². The summed E-state index contributed by atoms with van der Waals surface area (Å²) in [6, 6.07) is 47.5. The first-order chi connectivity index (χ1) is 47.6. The lowest BCUT2D eigenvalue weighted by Crippen LogP contribution is -2.14. The van der Waals surface area contributed by atoms with Crippen molar-refractivity contribution in [2.45, 2.75) is 80.8 Å². The first-order valence-corrected chi connectivity index (χ1v) is 31.5. The normalized spacial score (nSPS) is 11.0. The number of ether oxygens (including phenoxy) is 4. The van der Waals surface area contributed by atoms with Crippen LogP contribution in [-0.4, -0.2) is 89.9 Å². The highest BCUT2D eigenvalue weighted by molar-refractivity contribution is 5.96. The van der Waals surface area contributed by atoms with Gasteiger partial charge < -0.3 is 18.9 Å². The van der Waals surface area contributed by atoms with Gasteiger partial charge in [-0.05, 0) is 168 Å². The van der Waals surface area contributed by atoms with Gasteiger partial charge in [0.15, 0.2) is 0 Å². The lowest BCUT2D eigenvalue weighted by molar-refractivity contribution is -0.115. The van der Waals surface area contributed by atoms with Crippen molar-refractivity contribution in [1.82, 2.24) is 39.9 Å². The summed E-state index contributed by atoms with van der Waals surface area (Å²) in [7, 11) is 1.50. The minimum atomic E-state index is -0.282. The zero-order valence-electron chi connectivity index (χ0n) is 55.6. The number of carbonyl (C=O) groups excluding carboxylic acids is 4. The van der Waals surface area contributed by atoms with Gasteiger partial charge in [0.1, 0.15) is 23.3 Å². The topological polar surface area (TPSA) is 256 Å². The number of benzene rings is 8. The summed E-state index contributed by atoms with van der Waals surface area (Å²) >= 11 is 0.